The van der Waals surface area contributed by atoms with Gasteiger partial charge in [-0.15, -0.1) is 0 Å². The van der Waals surface area contributed by atoms with E-state index in [0.717, 1.165) is 6.54 Å². The molecule has 0 amide bonds. The van der Waals surface area contributed by atoms with Crippen molar-refractivity contribution >= 4 is 5.97 Å². The molecule has 0 heterocycles. The molecule has 0 bridgehead atoms. The molecule has 0 aromatic carbocycles. The van der Waals surface area contributed by atoms with Crippen LogP contribution in [-0.2, 0) is 9.53 Å². The Morgan fingerprint density at radius 2 is 2.30 bits per heavy atom. The van der Waals surface area contributed by atoms with E-state index in [-0.39, 0.29) is 5.97 Å². The third-order valence-electron chi connectivity index (χ3n) is 0.828. The van der Waals surface area contributed by atoms with E-state index in [2.05, 4.69) is 10.1 Å². The van der Waals surface area contributed by atoms with Crippen molar-refractivity contribution < 1.29 is 9.53 Å². The first-order chi connectivity index (χ1) is 4.81. The maximum Gasteiger partial charge on any atom is 0.332 e. The number of rotatable bonds is 4. The molecule has 0 rings (SSSR count). The molecule has 0 aliphatic carbocycles. The summed E-state index contributed by atoms with van der Waals surface area (Å²) in [6.07, 6.45) is 2.95. The van der Waals surface area contributed by atoms with E-state index in [1.54, 1.807) is 13.1 Å². The molecule has 0 aromatic rings. The first-order valence-corrected chi connectivity index (χ1v) is 3.38. The molecule has 0 atom stereocenters. The van der Waals surface area contributed by atoms with Crippen molar-refractivity contribution in [3.63, 3.8) is 0 Å². The van der Waals surface area contributed by atoms with E-state index >= 15 is 0 Å². The zero-order chi connectivity index (χ0) is 7.82. The molecule has 0 aliphatic heterocycles. The fourth-order valence-corrected chi connectivity index (χ4v) is 0.435. The summed E-state index contributed by atoms with van der Waals surface area (Å²) < 4.78 is 4.62. The number of ether oxygens (including phenoxy) is 1. The minimum absolute atomic E-state index is 0.302. The molecule has 10 heavy (non-hydrogen) atoms. The number of carbonyl (C=O) groups is 1. The summed E-state index contributed by atoms with van der Waals surface area (Å²) in [5.74, 6) is -0.302. The molecular formula is C7H13NO2. The lowest BCUT2D eigenvalue weighted by Crippen LogP contribution is -2.05. The number of hydrogen-bond donors (Lipinski definition) is 1. The predicted octanol–water partition coefficient (Wildman–Crippen LogP) is 0.673. The Morgan fingerprint density at radius 3 is 2.80 bits per heavy atom. The lowest BCUT2D eigenvalue weighted by Gasteiger charge is -1.94. The Balaban J connectivity index is 3.36. The van der Waals surface area contributed by atoms with Crippen LogP contribution in [0.4, 0.5) is 0 Å². The van der Waals surface area contributed by atoms with Gasteiger partial charge in [0.05, 0.1) is 6.61 Å². The van der Waals surface area contributed by atoms with Crippen LogP contribution in [0.15, 0.2) is 12.3 Å². The van der Waals surface area contributed by atoms with Gasteiger partial charge in [0, 0.05) is 18.8 Å². The van der Waals surface area contributed by atoms with Crippen molar-refractivity contribution in [1.29, 1.82) is 0 Å². The number of esters is 1. The lowest BCUT2D eigenvalue weighted by molar-refractivity contribution is -0.137. The third kappa shape index (κ3) is 5.15. The number of nitrogens with one attached hydrogen (secondary N) is 1. The topological polar surface area (TPSA) is 38.3 Å². The maximum atomic E-state index is 10.6. The third-order valence-corrected chi connectivity index (χ3v) is 0.828. The van der Waals surface area contributed by atoms with Crippen molar-refractivity contribution in [2.24, 2.45) is 0 Å². The molecule has 0 aliphatic rings. The van der Waals surface area contributed by atoms with Crippen LogP contribution in [0, 0.1) is 0 Å². The molecule has 0 aromatic heterocycles. The van der Waals surface area contributed by atoms with Crippen LogP contribution in [0.2, 0.25) is 0 Å². The summed E-state index contributed by atoms with van der Waals surface area (Å²) in [7, 11) is 0. The van der Waals surface area contributed by atoms with Crippen LogP contribution < -0.4 is 5.32 Å². The number of hydrogen-bond acceptors (Lipinski definition) is 3. The zero-order valence-corrected chi connectivity index (χ0v) is 6.39. The standard InChI is InChI=1S/C7H13NO2/c1-3-8-6-5-7(9)10-4-2/h5-6,8H,3-4H2,1-2H3. The highest BCUT2D eigenvalue weighted by atomic mass is 16.5. The fraction of sp³-hybridized carbons (Fsp3) is 0.571. The van der Waals surface area contributed by atoms with Gasteiger partial charge in [0.2, 0.25) is 0 Å². The first kappa shape index (κ1) is 9.01. The average Bonchev–Trinajstić information content (AvgIpc) is 1.89. The molecule has 0 fully saturated rings. The molecule has 0 saturated heterocycles. The van der Waals surface area contributed by atoms with E-state index in [1.165, 1.54) is 6.08 Å². The van der Waals surface area contributed by atoms with Gasteiger partial charge >= 0.3 is 5.97 Å². The van der Waals surface area contributed by atoms with Gasteiger partial charge in [0.1, 0.15) is 0 Å². The Hall–Kier alpha value is -0.990. The molecule has 1 N–H and O–H groups in total. The first-order valence-electron chi connectivity index (χ1n) is 3.38. The highest BCUT2D eigenvalue weighted by Gasteiger charge is 1.90. The van der Waals surface area contributed by atoms with Gasteiger partial charge in [-0.1, -0.05) is 0 Å². The van der Waals surface area contributed by atoms with E-state index < -0.39 is 0 Å². The smallest absolute Gasteiger partial charge is 0.332 e. The van der Waals surface area contributed by atoms with Gasteiger partial charge in [0.15, 0.2) is 0 Å². The van der Waals surface area contributed by atoms with E-state index in [0.29, 0.717) is 6.61 Å². The molecule has 3 heteroatoms. The van der Waals surface area contributed by atoms with Crippen LogP contribution in [-0.4, -0.2) is 19.1 Å². The Kier molecular flexibility index (Phi) is 5.53. The van der Waals surface area contributed by atoms with Crippen LogP contribution in [0.1, 0.15) is 13.8 Å². The normalized spacial score (nSPS) is 9.80. The van der Waals surface area contributed by atoms with Crippen LogP contribution in [0.3, 0.4) is 0 Å². The van der Waals surface area contributed by atoms with Crippen molar-refractivity contribution in [2.75, 3.05) is 13.2 Å². The van der Waals surface area contributed by atoms with Gasteiger partial charge in [-0.25, -0.2) is 4.79 Å². The van der Waals surface area contributed by atoms with Gasteiger partial charge < -0.3 is 10.1 Å². The molecule has 0 unspecified atom stereocenters. The summed E-state index contributed by atoms with van der Waals surface area (Å²) in [6.45, 7) is 4.97. The Labute approximate surface area is 61.1 Å². The minimum Gasteiger partial charge on any atom is -0.463 e. The summed E-state index contributed by atoms with van der Waals surface area (Å²) >= 11 is 0. The molecule has 0 saturated carbocycles. The SMILES string of the molecule is CCNC=CC(=O)OCC. The van der Waals surface area contributed by atoms with Gasteiger partial charge in [0.25, 0.3) is 0 Å². The minimum atomic E-state index is -0.302. The van der Waals surface area contributed by atoms with Crippen molar-refractivity contribution in [1.82, 2.24) is 5.32 Å². The van der Waals surface area contributed by atoms with Crippen molar-refractivity contribution in [3.8, 4) is 0 Å². The second-order valence-electron chi connectivity index (χ2n) is 1.64. The monoisotopic (exact) mass is 143 g/mol. The van der Waals surface area contributed by atoms with Crippen LogP contribution in [0.5, 0.6) is 0 Å². The molecular weight excluding hydrogens is 130 g/mol. The molecule has 3 nitrogen and oxygen atoms in total. The Bertz CT molecular complexity index is 121. The van der Waals surface area contributed by atoms with Crippen LogP contribution >= 0.6 is 0 Å². The second-order valence-corrected chi connectivity index (χ2v) is 1.64. The highest BCUT2D eigenvalue weighted by Crippen LogP contribution is 1.78. The van der Waals surface area contributed by atoms with Gasteiger partial charge in [-0.2, -0.15) is 0 Å². The fourth-order valence-electron chi connectivity index (χ4n) is 0.435. The summed E-state index contributed by atoms with van der Waals surface area (Å²) in [5.41, 5.74) is 0. The second kappa shape index (κ2) is 6.13. The summed E-state index contributed by atoms with van der Waals surface area (Å²) in [5, 5.41) is 2.86. The van der Waals surface area contributed by atoms with E-state index in [4.69, 9.17) is 0 Å². The summed E-state index contributed by atoms with van der Waals surface area (Å²) in [4.78, 5) is 10.6. The number of carbonyl (C=O) groups excluding carboxylic acids is 1. The van der Waals surface area contributed by atoms with Crippen molar-refractivity contribution in [2.45, 2.75) is 13.8 Å². The Morgan fingerprint density at radius 1 is 1.60 bits per heavy atom. The largest absolute Gasteiger partial charge is 0.463 e. The summed E-state index contributed by atoms with van der Waals surface area (Å²) in [6, 6.07) is 0. The maximum absolute atomic E-state index is 10.6. The molecule has 58 valence electrons. The molecule has 0 spiro atoms. The van der Waals surface area contributed by atoms with E-state index in [9.17, 15) is 4.79 Å². The highest BCUT2D eigenvalue weighted by molar-refractivity contribution is 5.81. The quantitative estimate of drug-likeness (QED) is 0.464. The van der Waals surface area contributed by atoms with Gasteiger partial charge in [-0.3, -0.25) is 0 Å². The van der Waals surface area contributed by atoms with Crippen molar-refractivity contribution in [3.05, 3.63) is 12.3 Å². The van der Waals surface area contributed by atoms with Gasteiger partial charge in [-0.05, 0) is 13.8 Å². The zero-order valence-electron chi connectivity index (χ0n) is 6.39. The average molecular weight is 143 g/mol. The predicted molar refractivity (Wildman–Crippen MR) is 39.4 cm³/mol. The van der Waals surface area contributed by atoms with Crippen LogP contribution in [0.25, 0.3) is 0 Å². The lowest BCUT2D eigenvalue weighted by atomic mass is 10.6. The van der Waals surface area contributed by atoms with E-state index in [1.807, 2.05) is 6.92 Å². The molecule has 0 radical (unpaired) electrons.